The summed E-state index contributed by atoms with van der Waals surface area (Å²) >= 11 is 10.0. The summed E-state index contributed by atoms with van der Waals surface area (Å²) in [6, 6.07) is 13.7. The molecule has 1 atom stereocenters. The Labute approximate surface area is 132 Å². The second-order valence-electron chi connectivity index (χ2n) is 4.26. The largest absolute Gasteiger partial charge is 0.496 e. The molecular formula is C16H16BrClO2. The Hall–Kier alpha value is -1.19. The number of alkyl halides is 1. The highest BCUT2D eigenvalue weighted by Gasteiger charge is 2.12. The minimum atomic E-state index is -0.201. The van der Waals surface area contributed by atoms with E-state index in [9.17, 15) is 0 Å². The first kappa shape index (κ1) is 15.2. The molecule has 0 aliphatic heterocycles. The molecule has 0 N–H and O–H groups in total. The number of ether oxygens (including phenoxy) is 2. The molecule has 0 fully saturated rings. The van der Waals surface area contributed by atoms with Crippen LogP contribution in [0.1, 0.15) is 23.4 Å². The minimum absolute atomic E-state index is 0.201. The predicted molar refractivity (Wildman–Crippen MR) is 86.0 cm³/mol. The minimum Gasteiger partial charge on any atom is -0.496 e. The monoisotopic (exact) mass is 354 g/mol. The third kappa shape index (κ3) is 3.47. The van der Waals surface area contributed by atoms with E-state index in [1.807, 2.05) is 49.4 Å². The van der Waals surface area contributed by atoms with E-state index in [0.717, 1.165) is 27.1 Å². The number of hydrogen-bond donors (Lipinski definition) is 0. The Kier molecular flexibility index (Phi) is 5.32. The second-order valence-corrected chi connectivity index (χ2v) is 5.55. The van der Waals surface area contributed by atoms with Crippen LogP contribution < -0.4 is 9.47 Å². The van der Waals surface area contributed by atoms with Gasteiger partial charge in [-0.2, -0.15) is 0 Å². The summed E-state index contributed by atoms with van der Waals surface area (Å²) in [5.74, 6) is 1.65. The van der Waals surface area contributed by atoms with Crippen molar-refractivity contribution in [1.82, 2.24) is 0 Å². The fourth-order valence-corrected chi connectivity index (χ4v) is 2.77. The van der Waals surface area contributed by atoms with E-state index in [2.05, 4.69) is 15.9 Å². The molecule has 0 aromatic heterocycles. The molecule has 1 unspecified atom stereocenters. The van der Waals surface area contributed by atoms with E-state index in [1.54, 1.807) is 7.11 Å². The van der Waals surface area contributed by atoms with Gasteiger partial charge in [-0.25, -0.2) is 0 Å². The number of rotatable bonds is 5. The molecule has 0 saturated heterocycles. The summed E-state index contributed by atoms with van der Waals surface area (Å²) < 4.78 is 11.5. The molecule has 0 aliphatic rings. The molecule has 0 amide bonds. The standard InChI is InChI=1S/C16H16BrClO2/c1-3-20-13-7-4-11(5-8-13)16(18)12-6-9-15(19-2)14(17)10-12/h4-10,16H,3H2,1-2H3. The van der Waals surface area contributed by atoms with Gasteiger partial charge in [0.15, 0.2) is 0 Å². The number of hydrogen-bond acceptors (Lipinski definition) is 2. The summed E-state index contributed by atoms with van der Waals surface area (Å²) in [6.45, 7) is 2.63. The molecular weight excluding hydrogens is 340 g/mol. The Morgan fingerprint density at radius 2 is 1.75 bits per heavy atom. The maximum absolute atomic E-state index is 6.53. The molecule has 2 rings (SSSR count). The van der Waals surface area contributed by atoms with Crippen LogP contribution in [0.25, 0.3) is 0 Å². The van der Waals surface area contributed by atoms with Gasteiger partial charge in [0.25, 0.3) is 0 Å². The van der Waals surface area contributed by atoms with Crippen molar-refractivity contribution in [2.75, 3.05) is 13.7 Å². The summed E-state index contributed by atoms with van der Waals surface area (Å²) in [5.41, 5.74) is 2.05. The molecule has 0 bridgehead atoms. The zero-order chi connectivity index (χ0) is 14.5. The first-order chi connectivity index (χ1) is 9.65. The fourth-order valence-electron chi connectivity index (χ4n) is 1.93. The van der Waals surface area contributed by atoms with E-state index in [0.29, 0.717) is 6.61 Å². The first-order valence-electron chi connectivity index (χ1n) is 6.36. The fraction of sp³-hybridized carbons (Fsp3) is 0.250. The lowest BCUT2D eigenvalue weighted by atomic mass is 10.0. The van der Waals surface area contributed by atoms with Gasteiger partial charge in [-0.15, -0.1) is 11.6 Å². The van der Waals surface area contributed by atoms with Crippen molar-refractivity contribution in [2.45, 2.75) is 12.3 Å². The van der Waals surface area contributed by atoms with Crippen LogP contribution in [0, 0.1) is 0 Å². The van der Waals surface area contributed by atoms with Crippen LogP contribution in [0.3, 0.4) is 0 Å². The lowest BCUT2D eigenvalue weighted by Gasteiger charge is -2.13. The molecule has 0 spiro atoms. The Morgan fingerprint density at radius 1 is 1.10 bits per heavy atom. The van der Waals surface area contributed by atoms with Crippen molar-refractivity contribution in [3.8, 4) is 11.5 Å². The molecule has 0 radical (unpaired) electrons. The lowest BCUT2D eigenvalue weighted by molar-refractivity contribution is 0.340. The first-order valence-corrected chi connectivity index (χ1v) is 7.59. The van der Waals surface area contributed by atoms with Crippen LogP contribution in [0.5, 0.6) is 11.5 Å². The quantitative estimate of drug-likeness (QED) is 0.688. The smallest absolute Gasteiger partial charge is 0.133 e. The van der Waals surface area contributed by atoms with Crippen LogP contribution >= 0.6 is 27.5 Å². The molecule has 4 heteroatoms. The van der Waals surface area contributed by atoms with Crippen molar-refractivity contribution in [1.29, 1.82) is 0 Å². The predicted octanol–water partition coefficient (Wildman–Crippen LogP) is 5.18. The third-order valence-electron chi connectivity index (χ3n) is 2.95. The Morgan fingerprint density at radius 3 is 2.30 bits per heavy atom. The van der Waals surface area contributed by atoms with Crippen LogP contribution in [0.4, 0.5) is 0 Å². The van der Waals surface area contributed by atoms with Crippen molar-refractivity contribution in [3.63, 3.8) is 0 Å². The highest BCUT2D eigenvalue weighted by atomic mass is 79.9. The van der Waals surface area contributed by atoms with Gasteiger partial charge in [-0.05, 0) is 58.2 Å². The normalized spacial score (nSPS) is 12.0. The van der Waals surface area contributed by atoms with Gasteiger partial charge in [0, 0.05) is 0 Å². The topological polar surface area (TPSA) is 18.5 Å². The van der Waals surface area contributed by atoms with Gasteiger partial charge in [-0.3, -0.25) is 0 Å². The van der Waals surface area contributed by atoms with Crippen LogP contribution in [-0.4, -0.2) is 13.7 Å². The SMILES string of the molecule is CCOc1ccc(C(Cl)c2ccc(OC)c(Br)c2)cc1. The van der Waals surface area contributed by atoms with Gasteiger partial charge in [0.2, 0.25) is 0 Å². The molecule has 106 valence electrons. The summed E-state index contributed by atoms with van der Waals surface area (Å²) in [5, 5.41) is -0.201. The van der Waals surface area contributed by atoms with Gasteiger partial charge in [0.05, 0.1) is 23.6 Å². The van der Waals surface area contributed by atoms with E-state index >= 15 is 0 Å². The number of benzene rings is 2. The van der Waals surface area contributed by atoms with E-state index < -0.39 is 0 Å². The molecule has 0 aliphatic carbocycles. The second kappa shape index (κ2) is 7.00. The highest BCUT2D eigenvalue weighted by Crippen LogP contribution is 2.34. The van der Waals surface area contributed by atoms with E-state index in [1.165, 1.54) is 0 Å². The molecule has 2 aromatic rings. The molecule has 0 saturated carbocycles. The van der Waals surface area contributed by atoms with Gasteiger partial charge < -0.3 is 9.47 Å². The average Bonchev–Trinajstić information content (AvgIpc) is 2.47. The van der Waals surface area contributed by atoms with Crippen LogP contribution in [0.2, 0.25) is 0 Å². The van der Waals surface area contributed by atoms with Crippen molar-refractivity contribution in [2.24, 2.45) is 0 Å². The lowest BCUT2D eigenvalue weighted by Crippen LogP contribution is -1.96. The Bertz CT molecular complexity index is 569. The third-order valence-corrected chi connectivity index (χ3v) is 4.08. The van der Waals surface area contributed by atoms with Gasteiger partial charge in [-0.1, -0.05) is 18.2 Å². The molecule has 0 heterocycles. The van der Waals surface area contributed by atoms with Crippen molar-refractivity contribution >= 4 is 27.5 Å². The maximum atomic E-state index is 6.53. The highest BCUT2D eigenvalue weighted by molar-refractivity contribution is 9.10. The van der Waals surface area contributed by atoms with Crippen LogP contribution in [-0.2, 0) is 0 Å². The van der Waals surface area contributed by atoms with Gasteiger partial charge >= 0.3 is 0 Å². The van der Waals surface area contributed by atoms with Crippen molar-refractivity contribution in [3.05, 3.63) is 58.1 Å². The van der Waals surface area contributed by atoms with Crippen LogP contribution in [0.15, 0.2) is 46.9 Å². The van der Waals surface area contributed by atoms with Crippen molar-refractivity contribution < 1.29 is 9.47 Å². The maximum Gasteiger partial charge on any atom is 0.133 e. The van der Waals surface area contributed by atoms with Gasteiger partial charge in [0.1, 0.15) is 11.5 Å². The summed E-state index contributed by atoms with van der Waals surface area (Å²) in [7, 11) is 1.64. The number of halogens is 2. The summed E-state index contributed by atoms with van der Waals surface area (Å²) in [4.78, 5) is 0. The molecule has 20 heavy (non-hydrogen) atoms. The van der Waals surface area contributed by atoms with E-state index in [-0.39, 0.29) is 5.38 Å². The molecule has 2 aromatic carbocycles. The summed E-state index contributed by atoms with van der Waals surface area (Å²) in [6.07, 6.45) is 0. The number of methoxy groups -OCH3 is 1. The Balaban J connectivity index is 2.21. The zero-order valence-corrected chi connectivity index (χ0v) is 13.7. The average molecular weight is 356 g/mol. The zero-order valence-electron chi connectivity index (χ0n) is 11.4. The van der Waals surface area contributed by atoms with E-state index in [4.69, 9.17) is 21.1 Å². The molecule has 2 nitrogen and oxygen atoms in total.